The third-order valence-corrected chi connectivity index (χ3v) is 5.25. The van der Waals surface area contributed by atoms with E-state index in [2.05, 4.69) is 10.6 Å². The first kappa shape index (κ1) is 21.7. The van der Waals surface area contributed by atoms with E-state index in [4.69, 9.17) is 0 Å². The van der Waals surface area contributed by atoms with E-state index in [-0.39, 0.29) is 23.6 Å². The number of amides is 1. The number of rotatable bonds is 8. The van der Waals surface area contributed by atoms with Gasteiger partial charge in [-0.1, -0.05) is 60.7 Å². The van der Waals surface area contributed by atoms with Crippen LogP contribution in [0.5, 0.6) is 0 Å². The summed E-state index contributed by atoms with van der Waals surface area (Å²) in [5.41, 5.74) is 2.82. The van der Waals surface area contributed by atoms with Gasteiger partial charge in [0.25, 0.3) is 0 Å². The van der Waals surface area contributed by atoms with Crippen LogP contribution in [0.2, 0.25) is 0 Å². The van der Waals surface area contributed by atoms with Crippen LogP contribution in [-0.4, -0.2) is 13.0 Å². The molecule has 0 bridgehead atoms. The van der Waals surface area contributed by atoms with Crippen LogP contribution >= 0.6 is 0 Å². The second-order valence-electron chi connectivity index (χ2n) is 7.32. The maximum Gasteiger partial charge on any atom is 0.241 e. The Kier molecular flexibility index (Phi) is 7.31. The highest BCUT2D eigenvalue weighted by molar-refractivity contribution is 5.83. The van der Waals surface area contributed by atoms with E-state index in [1.165, 1.54) is 12.1 Å². The fraction of sp³-hybridized carbons (Fsp3) is 0.240. The molecular formula is C25H26F2N2O. The van der Waals surface area contributed by atoms with Crippen LogP contribution in [0, 0.1) is 18.6 Å². The van der Waals surface area contributed by atoms with Crippen LogP contribution in [0.1, 0.15) is 40.8 Å². The van der Waals surface area contributed by atoms with Crippen LogP contribution in [0.4, 0.5) is 8.78 Å². The van der Waals surface area contributed by atoms with Crippen molar-refractivity contribution in [2.45, 2.75) is 31.8 Å². The van der Waals surface area contributed by atoms with Crippen LogP contribution in [0.25, 0.3) is 0 Å². The lowest BCUT2D eigenvalue weighted by Crippen LogP contribution is -2.38. The fourth-order valence-electron chi connectivity index (χ4n) is 3.55. The molecular weight excluding hydrogens is 382 g/mol. The summed E-state index contributed by atoms with van der Waals surface area (Å²) in [7, 11) is 1.59. The number of nitrogens with one attached hydrogen (secondary N) is 2. The molecule has 2 N–H and O–H groups in total. The van der Waals surface area contributed by atoms with Gasteiger partial charge in [0.2, 0.25) is 5.91 Å². The minimum absolute atomic E-state index is 0.170. The maximum atomic E-state index is 14.1. The molecule has 156 valence electrons. The van der Waals surface area contributed by atoms with Gasteiger partial charge in [-0.3, -0.25) is 10.1 Å². The summed E-state index contributed by atoms with van der Waals surface area (Å²) in [6.07, 6.45) is 1.03. The van der Waals surface area contributed by atoms with Crippen molar-refractivity contribution >= 4 is 5.91 Å². The zero-order chi connectivity index (χ0) is 21.5. The normalized spacial score (nSPS) is 12.9. The number of aryl methyl sites for hydroxylation is 2. The Morgan fingerprint density at radius 2 is 1.60 bits per heavy atom. The minimum Gasteiger partial charge on any atom is -0.358 e. The Bertz CT molecular complexity index is 991. The summed E-state index contributed by atoms with van der Waals surface area (Å²) in [6, 6.07) is 20.2. The zero-order valence-corrected chi connectivity index (χ0v) is 17.2. The fourth-order valence-corrected chi connectivity index (χ4v) is 3.55. The first-order chi connectivity index (χ1) is 14.5. The Morgan fingerprint density at radius 3 is 2.27 bits per heavy atom. The van der Waals surface area contributed by atoms with Crippen molar-refractivity contribution in [3.8, 4) is 0 Å². The topological polar surface area (TPSA) is 41.1 Å². The van der Waals surface area contributed by atoms with E-state index in [9.17, 15) is 13.6 Å². The van der Waals surface area contributed by atoms with Gasteiger partial charge in [0, 0.05) is 13.1 Å². The van der Waals surface area contributed by atoms with E-state index in [0.29, 0.717) is 24.0 Å². The lowest BCUT2D eigenvalue weighted by atomic mass is 9.95. The van der Waals surface area contributed by atoms with Gasteiger partial charge in [-0.2, -0.15) is 0 Å². The standard InChI is InChI=1S/C25H26F2N2O/c1-17-16-20(12-14-21(17)26)23(15-13-18-8-6-7-11-22(18)27)29-24(25(30)28-2)19-9-4-3-5-10-19/h3-12,14,16,23-24,29H,13,15H2,1-2H3,(H,28,30)/t23-,24?/m1/s1. The Hall–Kier alpha value is -3.05. The number of likely N-dealkylation sites (N-methyl/N-ethyl adjacent to an activating group) is 1. The van der Waals surface area contributed by atoms with Crippen LogP contribution in [-0.2, 0) is 11.2 Å². The lowest BCUT2D eigenvalue weighted by Gasteiger charge is -2.26. The molecule has 3 aromatic carbocycles. The lowest BCUT2D eigenvalue weighted by molar-refractivity contribution is -0.123. The predicted octanol–water partition coefficient (Wildman–Crippen LogP) is 5.02. The number of hydrogen-bond acceptors (Lipinski definition) is 2. The predicted molar refractivity (Wildman–Crippen MR) is 115 cm³/mol. The van der Waals surface area contributed by atoms with Crippen molar-refractivity contribution in [3.05, 3.63) is 107 Å². The summed E-state index contributed by atoms with van der Waals surface area (Å²) < 4.78 is 28.0. The number of hydrogen-bond donors (Lipinski definition) is 2. The van der Waals surface area contributed by atoms with Crippen molar-refractivity contribution in [1.29, 1.82) is 0 Å². The molecule has 0 radical (unpaired) electrons. The van der Waals surface area contributed by atoms with E-state index in [1.807, 2.05) is 30.3 Å². The third kappa shape index (κ3) is 5.30. The quantitative estimate of drug-likeness (QED) is 0.549. The van der Waals surface area contributed by atoms with Crippen molar-refractivity contribution in [3.63, 3.8) is 0 Å². The second-order valence-corrected chi connectivity index (χ2v) is 7.32. The van der Waals surface area contributed by atoms with Gasteiger partial charge in [-0.05, 0) is 54.2 Å². The summed E-state index contributed by atoms with van der Waals surface area (Å²) in [5.74, 6) is -0.703. The summed E-state index contributed by atoms with van der Waals surface area (Å²) in [5, 5.41) is 6.12. The number of carbonyl (C=O) groups is 1. The minimum atomic E-state index is -0.591. The van der Waals surface area contributed by atoms with Crippen molar-refractivity contribution in [2.75, 3.05) is 7.05 Å². The van der Waals surface area contributed by atoms with Crippen LogP contribution in [0.15, 0.2) is 72.8 Å². The average molecular weight is 408 g/mol. The summed E-state index contributed by atoms with van der Waals surface area (Å²) >= 11 is 0. The summed E-state index contributed by atoms with van der Waals surface area (Å²) in [4.78, 5) is 12.6. The highest BCUT2D eigenvalue weighted by Gasteiger charge is 2.24. The molecule has 3 nitrogen and oxygen atoms in total. The molecule has 5 heteroatoms. The number of carbonyl (C=O) groups excluding carboxylic acids is 1. The van der Waals surface area contributed by atoms with Crippen molar-refractivity contribution < 1.29 is 13.6 Å². The SMILES string of the molecule is CNC(=O)C(N[C@H](CCc1ccccc1F)c1ccc(F)c(C)c1)c1ccccc1. The third-order valence-electron chi connectivity index (χ3n) is 5.25. The molecule has 1 amide bonds. The van der Waals surface area contributed by atoms with Gasteiger partial charge in [0.15, 0.2) is 0 Å². The van der Waals surface area contributed by atoms with E-state index >= 15 is 0 Å². The average Bonchev–Trinajstić information content (AvgIpc) is 2.77. The highest BCUT2D eigenvalue weighted by Crippen LogP contribution is 2.26. The molecule has 0 heterocycles. The van der Waals surface area contributed by atoms with E-state index in [1.54, 1.807) is 44.3 Å². The maximum absolute atomic E-state index is 14.1. The molecule has 0 saturated heterocycles. The largest absolute Gasteiger partial charge is 0.358 e. The first-order valence-electron chi connectivity index (χ1n) is 10.0. The molecule has 1 unspecified atom stereocenters. The Labute approximate surface area is 176 Å². The highest BCUT2D eigenvalue weighted by atomic mass is 19.1. The van der Waals surface area contributed by atoms with Crippen LogP contribution < -0.4 is 10.6 Å². The van der Waals surface area contributed by atoms with Crippen molar-refractivity contribution in [1.82, 2.24) is 10.6 Å². The first-order valence-corrected chi connectivity index (χ1v) is 10.0. The van der Waals surface area contributed by atoms with Gasteiger partial charge >= 0.3 is 0 Å². The van der Waals surface area contributed by atoms with E-state index in [0.717, 1.165) is 11.1 Å². The molecule has 2 atom stereocenters. The molecule has 0 aliphatic rings. The summed E-state index contributed by atoms with van der Waals surface area (Å²) in [6.45, 7) is 1.71. The number of halogens is 2. The molecule has 0 aliphatic carbocycles. The molecule has 3 rings (SSSR count). The van der Waals surface area contributed by atoms with Gasteiger partial charge < -0.3 is 5.32 Å². The monoisotopic (exact) mass is 408 g/mol. The van der Waals surface area contributed by atoms with Gasteiger partial charge in [0.05, 0.1) is 0 Å². The molecule has 0 fully saturated rings. The van der Waals surface area contributed by atoms with Crippen LogP contribution in [0.3, 0.4) is 0 Å². The number of benzene rings is 3. The van der Waals surface area contributed by atoms with Gasteiger partial charge in [-0.15, -0.1) is 0 Å². The Morgan fingerprint density at radius 1 is 0.900 bits per heavy atom. The van der Waals surface area contributed by atoms with E-state index < -0.39 is 6.04 Å². The van der Waals surface area contributed by atoms with Crippen molar-refractivity contribution in [2.24, 2.45) is 0 Å². The van der Waals surface area contributed by atoms with Gasteiger partial charge in [0.1, 0.15) is 17.7 Å². The molecule has 0 spiro atoms. The van der Waals surface area contributed by atoms with Gasteiger partial charge in [-0.25, -0.2) is 8.78 Å². The molecule has 0 aromatic heterocycles. The molecule has 3 aromatic rings. The smallest absolute Gasteiger partial charge is 0.241 e. The molecule has 0 saturated carbocycles. The Balaban J connectivity index is 1.91. The molecule has 30 heavy (non-hydrogen) atoms. The second kappa shape index (κ2) is 10.1. The molecule has 0 aliphatic heterocycles. The zero-order valence-electron chi connectivity index (χ0n) is 17.2.